The molecule has 0 radical (unpaired) electrons. The number of likely N-dealkylation sites (N-methyl/N-ethyl adjacent to an activating group) is 1. The number of benzene rings is 3. The van der Waals surface area contributed by atoms with E-state index in [1.165, 1.54) is 0 Å². The third-order valence-corrected chi connectivity index (χ3v) is 5.40. The van der Waals surface area contributed by atoms with Gasteiger partial charge in [0, 0.05) is 5.69 Å². The molecule has 8 heteroatoms. The lowest BCUT2D eigenvalue weighted by Crippen LogP contribution is -2.40. The number of hydrogen-bond acceptors (Lipinski definition) is 6. The highest BCUT2D eigenvalue weighted by atomic mass is 16.5. The summed E-state index contributed by atoms with van der Waals surface area (Å²) in [6, 6.07) is 21.8. The van der Waals surface area contributed by atoms with E-state index in [0.717, 1.165) is 22.6 Å². The number of ether oxygens (including phenoxy) is 3. The second-order valence-corrected chi connectivity index (χ2v) is 8.00. The molecule has 2 amide bonds. The Hall–Kier alpha value is -4.04. The second-order valence-electron chi connectivity index (χ2n) is 8.00. The van der Waals surface area contributed by atoms with Crippen LogP contribution < -0.4 is 24.8 Å². The second kappa shape index (κ2) is 12.4. The first kappa shape index (κ1) is 25.6. The van der Waals surface area contributed by atoms with Crippen LogP contribution in [0.4, 0.5) is 5.69 Å². The third-order valence-electron chi connectivity index (χ3n) is 5.40. The molecule has 0 aliphatic carbocycles. The number of carbonyl (C=O) groups excluding carboxylic acids is 2. The zero-order valence-electron chi connectivity index (χ0n) is 20.4. The predicted molar refractivity (Wildman–Crippen MR) is 135 cm³/mol. The van der Waals surface area contributed by atoms with E-state index in [-0.39, 0.29) is 30.9 Å². The molecule has 0 unspecified atom stereocenters. The fraction of sp³-hybridized carbons (Fsp3) is 0.259. The van der Waals surface area contributed by atoms with Gasteiger partial charge in [0.25, 0.3) is 0 Å². The molecule has 35 heavy (non-hydrogen) atoms. The molecule has 3 aromatic carbocycles. The molecule has 184 valence electrons. The Morgan fingerprint density at radius 2 is 1.09 bits per heavy atom. The number of anilines is 1. The largest absolute Gasteiger partial charge is 0.497 e. The molecule has 0 spiro atoms. The Bertz CT molecular complexity index is 1050. The smallest absolute Gasteiger partial charge is 0.238 e. The normalized spacial score (nSPS) is 10.7. The maximum absolute atomic E-state index is 12.9. The van der Waals surface area contributed by atoms with E-state index in [0.29, 0.717) is 11.4 Å². The fourth-order valence-electron chi connectivity index (χ4n) is 3.58. The summed E-state index contributed by atoms with van der Waals surface area (Å²) < 4.78 is 15.6. The van der Waals surface area contributed by atoms with Crippen molar-refractivity contribution in [1.29, 1.82) is 0 Å². The number of amides is 2. The summed E-state index contributed by atoms with van der Waals surface area (Å²) in [7, 11) is 6.53. The van der Waals surface area contributed by atoms with Gasteiger partial charge < -0.3 is 24.8 Å². The molecule has 0 bridgehead atoms. The van der Waals surface area contributed by atoms with Gasteiger partial charge in [0.05, 0.1) is 40.5 Å². The maximum Gasteiger partial charge on any atom is 0.238 e. The molecule has 3 aromatic rings. The van der Waals surface area contributed by atoms with Crippen molar-refractivity contribution in [2.75, 3.05) is 46.8 Å². The summed E-state index contributed by atoms with van der Waals surface area (Å²) in [5, 5.41) is 5.90. The van der Waals surface area contributed by atoms with Crippen molar-refractivity contribution in [3.05, 3.63) is 83.9 Å². The van der Waals surface area contributed by atoms with E-state index >= 15 is 0 Å². The van der Waals surface area contributed by atoms with Crippen molar-refractivity contribution in [3.8, 4) is 17.2 Å². The third kappa shape index (κ3) is 7.48. The van der Waals surface area contributed by atoms with Crippen molar-refractivity contribution in [3.63, 3.8) is 0 Å². The van der Waals surface area contributed by atoms with Crippen LogP contribution in [0.5, 0.6) is 17.2 Å². The summed E-state index contributed by atoms with van der Waals surface area (Å²) in [4.78, 5) is 27.0. The van der Waals surface area contributed by atoms with Crippen LogP contribution in [0.15, 0.2) is 72.8 Å². The van der Waals surface area contributed by atoms with Crippen molar-refractivity contribution >= 4 is 17.5 Å². The fourth-order valence-corrected chi connectivity index (χ4v) is 3.58. The quantitative estimate of drug-likeness (QED) is 0.440. The highest BCUT2D eigenvalue weighted by molar-refractivity contribution is 5.92. The van der Waals surface area contributed by atoms with Crippen LogP contribution in [0.1, 0.15) is 17.2 Å². The summed E-state index contributed by atoms with van der Waals surface area (Å²) in [5.41, 5.74) is 2.47. The summed E-state index contributed by atoms with van der Waals surface area (Å²) in [6.07, 6.45) is 0. The van der Waals surface area contributed by atoms with E-state index in [4.69, 9.17) is 14.2 Å². The lowest BCUT2D eigenvalue weighted by atomic mass is 9.98. The standard InChI is InChI=1S/C27H31N3O5/c1-30(17-25(31)28-21-9-15-24(35-4)16-10-21)18-26(32)29-27(19-5-11-22(33-2)12-6-19)20-7-13-23(34-3)14-8-20/h5-16,27H,17-18H2,1-4H3,(H,28,31)(H,29,32). The van der Waals surface area contributed by atoms with Crippen LogP contribution in [0.25, 0.3) is 0 Å². The van der Waals surface area contributed by atoms with E-state index in [1.807, 2.05) is 48.5 Å². The van der Waals surface area contributed by atoms with Crippen LogP contribution in [0.3, 0.4) is 0 Å². The molecule has 0 aliphatic rings. The Morgan fingerprint density at radius 3 is 1.51 bits per heavy atom. The van der Waals surface area contributed by atoms with Gasteiger partial charge in [-0.05, 0) is 66.7 Å². The molecule has 0 saturated carbocycles. The van der Waals surface area contributed by atoms with Gasteiger partial charge >= 0.3 is 0 Å². The van der Waals surface area contributed by atoms with Crippen molar-refractivity contribution in [2.24, 2.45) is 0 Å². The van der Waals surface area contributed by atoms with Gasteiger partial charge in [-0.15, -0.1) is 0 Å². The molecule has 0 fully saturated rings. The number of nitrogens with zero attached hydrogens (tertiary/aromatic N) is 1. The monoisotopic (exact) mass is 477 g/mol. The van der Waals surface area contributed by atoms with Gasteiger partial charge in [0.2, 0.25) is 11.8 Å². The minimum atomic E-state index is -0.374. The first-order valence-electron chi connectivity index (χ1n) is 11.1. The number of methoxy groups -OCH3 is 3. The highest BCUT2D eigenvalue weighted by Crippen LogP contribution is 2.26. The minimum Gasteiger partial charge on any atom is -0.497 e. The SMILES string of the molecule is COc1ccc(NC(=O)CN(C)CC(=O)NC(c2ccc(OC)cc2)c2ccc(OC)cc2)cc1. The Morgan fingerprint density at radius 1 is 0.686 bits per heavy atom. The molecule has 0 aliphatic heterocycles. The Balaban J connectivity index is 1.63. The van der Waals surface area contributed by atoms with E-state index in [1.54, 1.807) is 57.5 Å². The molecular formula is C27H31N3O5. The predicted octanol–water partition coefficient (Wildman–Crippen LogP) is 3.49. The topological polar surface area (TPSA) is 89.1 Å². The van der Waals surface area contributed by atoms with Gasteiger partial charge in [-0.2, -0.15) is 0 Å². The van der Waals surface area contributed by atoms with E-state index in [9.17, 15) is 9.59 Å². The molecule has 3 rings (SSSR count). The van der Waals surface area contributed by atoms with Gasteiger partial charge in [0.15, 0.2) is 0 Å². The van der Waals surface area contributed by atoms with Crippen molar-refractivity contribution < 1.29 is 23.8 Å². The van der Waals surface area contributed by atoms with Crippen molar-refractivity contribution in [2.45, 2.75) is 6.04 Å². The average Bonchev–Trinajstić information content (AvgIpc) is 2.87. The first-order valence-corrected chi connectivity index (χ1v) is 11.1. The van der Waals surface area contributed by atoms with Crippen molar-refractivity contribution in [1.82, 2.24) is 10.2 Å². The zero-order chi connectivity index (χ0) is 25.2. The molecular weight excluding hydrogens is 446 g/mol. The molecule has 0 saturated heterocycles. The van der Waals surface area contributed by atoms with E-state index in [2.05, 4.69) is 10.6 Å². The Labute approximate surface area is 205 Å². The van der Waals surface area contributed by atoms with Gasteiger partial charge in [-0.25, -0.2) is 0 Å². The lowest BCUT2D eigenvalue weighted by molar-refractivity contribution is -0.123. The number of rotatable bonds is 11. The Kier molecular flexibility index (Phi) is 9.09. The van der Waals surface area contributed by atoms with Crippen LogP contribution in [-0.2, 0) is 9.59 Å². The summed E-state index contributed by atoms with van der Waals surface area (Å²) in [6.45, 7) is 0.119. The van der Waals surface area contributed by atoms with E-state index < -0.39 is 0 Å². The van der Waals surface area contributed by atoms with Gasteiger partial charge in [-0.3, -0.25) is 14.5 Å². The molecule has 2 N–H and O–H groups in total. The first-order chi connectivity index (χ1) is 16.9. The molecule has 0 aromatic heterocycles. The number of nitrogens with one attached hydrogen (secondary N) is 2. The lowest BCUT2D eigenvalue weighted by Gasteiger charge is -2.22. The molecule has 8 nitrogen and oxygen atoms in total. The summed E-state index contributed by atoms with van der Waals surface area (Å²) >= 11 is 0. The van der Waals surface area contributed by atoms with Crippen LogP contribution >= 0.6 is 0 Å². The molecule has 0 heterocycles. The average molecular weight is 478 g/mol. The zero-order valence-corrected chi connectivity index (χ0v) is 20.4. The van der Waals surface area contributed by atoms with Gasteiger partial charge in [0.1, 0.15) is 17.2 Å². The van der Waals surface area contributed by atoms with Crippen LogP contribution in [0.2, 0.25) is 0 Å². The van der Waals surface area contributed by atoms with Crippen LogP contribution in [0, 0.1) is 0 Å². The molecule has 0 atom stereocenters. The van der Waals surface area contributed by atoms with Crippen LogP contribution in [-0.4, -0.2) is 58.2 Å². The van der Waals surface area contributed by atoms with Gasteiger partial charge in [-0.1, -0.05) is 24.3 Å². The summed E-state index contributed by atoms with van der Waals surface area (Å²) in [5.74, 6) is 1.75. The highest BCUT2D eigenvalue weighted by Gasteiger charge is 2.19. The number of carbonyl (C=O) groups is 2. The number of hydrogen-bond donors (Lipinski definition) is 2. The minimum absolute atomic E-state index is 0.0544. The maximum atomic E-state index is 12.9.